The number of rotatable bonds is 5. The molecule has 3 rings (SSSR count). The number of amidine groups is 1. The molecule has 3 aromatic rings. The average Bonchev–Trinajstić information content (AvgIpc) is 3.06. The first-order valence-corrected chi connectivity index (χ1v) is 8.17. The zero-order chi connectivity index (χ0) is 14.8. The lowest BCUT2D eigenvalue weighted by Gasteiger charge is -2.04. The van der Waals surface area contributed by atoms with E-state index in [1.807, 2.05) is 13.0 Å². The molecule has 5 nitrogen and oxygen atoms in total. The van der Waals surface area contributed by atoms with Gasteiger partial charge in [-0.15, -0.1) is 27.8 Å². The fourth-order valence-electron chi connectivity index (χ4n) is 2.12. The molecule has 0 saturated carbocycles. The maximum Gasteiger partial charge on any atom is 0.109 e. The van der Waals surface area contributed by atoms with Crippen LogP contribution in [0.5, 0.6) is 0 Å². The summed E-state index contributed by atoms with van der Waals surface area (Å²) >= 11 is 3.36. The van der Waals surface area contributed by atoms with Crippen LogP contribution in [0.25, 0.3) is 10.2 Å². The third-order valence-electron chi connectivity index (χ3n) is 3.19. The molecule has 0 unspecified atom stereocenters. The number of hydrogen-bond acceptors (Lipinski definition) is 6. The molecular weight excluding hydrogens is 302 g/mol. The molecule has 21 heavy (non-hydrogen) atoms. The second-order valence-corrected chi connectivity index (χ2v) is 6.86. The molecule has 4 N–H and O–H groups in total. The number of aromatic nitrogens is 2. The average molecular weight is 317 g/mol. The monoisotopic (exact) mass is 317 g/mol. The molecule has 0 bridgehead atoms. The minimum absolute atomic E-state index is 0.172. The second kappa shape index (κ2) is 5.79. The molecule has 7 heteroatoms. The smallest absolute Gasteiger partial charge is 0.109 e. The molecule has 0 aliphatic heterocycles. The van der Waals surface area contributed by atoms with Crippen LogP contribution in [0.2, 0.25) is 0 Å². The number of anilines is 1. The van der Waals surface area contributed by atoms with Crippen LogP contribution in [-0.4, -0.2) is 16.0 Å². The molecular formula is C14H15N5S2. The quantitative estimate of drug-likeness (QED) is 0.498. The summed E-state index contributed by atoms with van der Waals surface area (Å²) < 4.78 is 1.08. The number of nitrogens with one attached hydrogen (secondary N) is 2. The Bertz CT molecular complexity index is 776. The van der Waals surface area contributed by atoms with Crippen molar-refractivity contribution in [1.82, 2.24) is 10.2 Å². The van der Waals surface area contributed by atoms with E-state index in [1.54, 1.807) is 28.9 Å². The van der Waals surface area contributed by atoms with Crippen LogP contribution in [0, 0.1) is 12.3 Å². The molecule has 0 aliphatic carbocycles. The lowest BCUT2D eigenvalue weighted by atomic mass is 10.2. The molecule has 0 amide bonds. The van der Waals surface area contributed by atoms with Crippen LogP contribution in [0.1, 0.15) is 15.3 Å². The fourth-order valence-corrected chi connectivity index (χ4v) is 4.01. The molecule has 108 valence electrons. The van der Waals surface area contributed by atoms with Gasteiger partial charge in [0.2, 0.25) is 0 Å². The van der Waals surface area contributed by atoms with Crippen LogP contribution in [0.4, 0.5) is 5.69 Å². The van der Waals surface area contributed by atoms with Crippen molar-refractivity contribution in [2.45, 2.75) is 19.9 Å². The molecule has 3 aromatic heterocycles. The topological polar surface area (TPSA) is 87.7 Å². The van der Waals surface area contributed by atoms with E-state index in [0.717, 1.165) is 32.9 Å². The van der Waals surface area contributed by atoms with Crippen molar-refractivity contribution in [3.05, 3.63) is 39.0 Å². The summed E-state index contributed by atoms with van der Waals surface area (Å²) in [5.74, 6) is 0.172. The van der Waals surface area contributed by atoms with Crippen LogP contribution in [0.15, 0.2) is 23.7 Å². The molecule has 0 atom stereocenters. The van der Waals surface area contributed by atoms with Gasteiger partial charge in [-0.2, -0.15) is 5.10 Å². The van der Waals surface area contributed by atoms with Gasteiger partial charge >= 0.3 is 0 Å². The van der Waals surface area contributed by atoms with E-state index in [-0.39, 0.29) is 5.84 Å². The Morgan fingerprint density at radius 1 is 1.48 bits per heavy atom. The van der Waals surface area contributed by atoms with E-state index in [4.69, 9.17) is 11.1 Å². The SMILES string of the molecule is Cc1c(CC(=N)N)sc2c(NCc3cccs3)cnnc12. The first-order valence-electron chi connectivity index (χ1n) is 6.48. The van der Waals surface area contributed by atoms with E-state index < -0.39 is 0 Å². The van der Waals surface area contributed by atoms with Crippen molar-refractivity contribution >= 4 is 44.4 Å². The second-order valence-electron chi connectivity index (χ2n) is 4.72. The maximum absolute atomic E-state index is 7.47. The van der Waals surface area contributed by atoms with Gasteiger partial charge in [-0.05, 0) is 23.9 Å². The molecule has 0 fully saturated rings. The number of hydrogen-bond donors (Lipinski definition) is 3. The summed E-state index contributed by atoms with van der Waals surface area (Å²) in [6.45, 7) is 2.78. The zero-order valence-electron chi connectivity index (χ0n) is 11.5. The number of fused-ring (bicyclic) bond motifs is 1. The third kappa shape index (κ3) is 2.88. The Kier molecular flexibility index (Phi) is 3.85. The Morgan fingerprint density at radius 2 is 2.33 bits per heavy atom. The minimum Gasteiger partial charge on any atom is -0.387 e. The normalized spacial score (nSPS) is 10.9. The predicted octanol–water partition coefficient (Wildman–Crippen LogP) is 3.15. The zero-order valence-corrected chi connectivity index (χ0v) is 13.1. The van der Waals surface area contributed by atoms with E-state index in [2.05, 4.69) is 27.0 Å². The van der Waals surface area contributed by atoms with Gasteiger partial charge in [0.05, 0.1) is 22.4 Å². The predicted molar refractivity (Wildman–Crippen MR) is 89.4 cm³/mol. The van der Waals surface area contributed by atoms with Crippen molar-refractivity contribution in [3.8, 4) is 0 Å². The van der Waals surface area contributed by atoms with Gasteiger partial charge in [0.15, 0.2) is 0 Å². The molecule has 0 aliphatic rings. The first-order chi connectivity index (χ1) is 10.1. The number of aryl methyl sites for hydroxylation is 1. The Morgan fingerprint density at radius 3 is 3.05 bits per heavy atom. The first kappa shape index (κ1) is 14.0. The summed E-state index contributed by atoms with van der Waals surface area (Å²) in [6, 6.07) is 4.15. The summed E-state index contributed by atoms with van der Waals surface area (Å²) in [6.07, 6.45) is 2.22. The van der Waals surface area contributed by atoms with Crippen LogP contribution in [0.3, 0.4) is 0 Å². The fraction of sp³-hybridized carbons (Fsp3) is 0.214. The standard InChI is InChI=1S/C14H15N5S2/c1-8-11(5-12(15)16)21-14-10(7-18-19-13(8)14)17-6-9-3-2-4-20-9/h2-4,7H,5-6H2,1H3,(H3,15,16)(H,17,19). The van der Waals surface area contributed by atoms with Crippen molar-refractivity contribution in [2.75, 3.05) is 5.32 Å². The number of thiophene rings is 2. The third-order valence-corrected chi connectivity index (χ3v) is 5.38. The summed E-state index contributed by atoms with van der Waals surface area (Å²) in [4.78, 5) is 2.36. The lowest BCUT2D eigenvalue weighted by molar-refractivity contribution is 1.06. The molecule has 3 heterocycles. The highest BCUT2D eigenvalue weighted by atomic mass is 32.1. The van der Waals surface area contributed by atoms with E-state index in [1.165, 1.54) is 4.88 Å². The maximum atomic E-state index is 7.47. The van der Waals surface area contributed by atoms with Gasteiger partial charge in [0, 0.05) is 22.7 Å². The van der Waals surface area contributed by atoms with Crippen molar-refractivity contribution in [1.29, 1.82) is 5.41 Å². The summed E-state index contributed by atoms with van der Waals surface area (Å²) in [5.41, 5.74) is 8.46. The minimum atomic E-state index is 0.172. The van der Waals surface area contributed by atoms with Gasteiger partial charge < -0.3 is 11.1 Å². The van der Waals surface area contributed by atoms with E-state index in [9.17, 15) is 0 Å². The van der Waals surface area contributed by atoms with Gasteiger partial charge in [0.25, 0.3) is 0 Å². The molecule has 0 aromatic carbocycles. The molecule has 0 spiro atoms. The Hall–Kier alpha value is -1.99. The Labute approximate surface area is 130 Å². The Balaban J connectivity index is 1.93. The summed E-state index contributed by atoms with van der Waals surface area (Å²) in [5, 5.41) is 21.3. The van der Waals surface area contributed by atoms with Crippen molar-refractivity contribution in [2.24, 2.45) is 5.73 Å². The van der Waals surface area contributed by atoms with E-state index >= 15 is 0 Å². The highest BCUT2D eigenvalue weighted by Gasteiger charge is 2.14. The molecule has 0 saturated heterocycles. The van der Waals surface area contributed by atoms with E-state index in [0.29, 0.717) is 6.42 Å². The van der Waals surface area contributed by atoms with Gasteiger partial charge in [0.1, 0.15) is 5.52 Å². The number of nitrogens with zero attached hydrogens (tertiary/aromatic N) is 2. The van der Waals surface area contributed by atoms with Crippen LogP contribution < -0.4 is 11.1 Å². The van der Waals surface area contributed by atoms with Gasteiger partial charge in [-0.3, -0.25) is 5.41 Å². The van der Waals surface area contributed by atoms with Crippen molar-refractivity contribution in [3.63, 3.8) is 0 Å². The lowest BCUT2D eigenvalue weighted by Crippen LogP contribution is -2.12. The summed E-state index contributed by atoms with van der Waals surface area (Å²) in [7, 11) is 0. The van der Waals surface area contributed by atoms with Crippen molar-refractivity contribution < 1.29 is 0 Å². The number of nitrogens with two attached hydrogens (primary N) is 1. The highest BCUT2D eigenvalue weighted by Crippen LogP contribution is 2.34. The highest BCUT2D eigenvalue weighted by molar-refractivity contribution is 7.20. The molecule has 0 radical (unpaired) electrons. The largest absolute Gasteiger partial charge is 0.387 e. The van der Waals surface area contributed by atoms with Gasteiger partial charge in [-0.1, -0.05) is 6.07 Å². The van der Waals surface area contributed by atoms with Crippen LogP contribution in [-0.2, 0) is 13.0 Å². The van der Waals surface area contributed by atoms with Crippen LogP contribution >= 0.6 is 22.7 Å². The van der Waals surface area contributed by atoms with Gasteiger partial charge in [-0.25, -0.2) is 0 Å².